The summed E-state index contributed by atoms with van der Waals surface area (Å²) < 4.78 is 7.49. The van der Waals surface area contributed by atoms with Crippen molar-refractivity contribution in [1.29, 1.82) is 0 Å². The Morgan fingerprint density at radius 1 is 1.03 bits per heavy atom. The fraction of sp³-hybridized carbons (Fsp3) is 0.240. The third-order valence-electron chi connectivity index (χ3n) is 5.77. The summed E-state index contributed by atoms with van der Waals surface area (Å²) in [5.74, 6) is 0.695. The number of hydrogen-bond acceptors (Lipinski definition) is 4. The predicted octanol–water partition coefficient (Wildman–Crippen LogP) is 7.08. The van der Waals surface area contributed by atoms with Crippen molar-refractivity contribution in [3.8, 4) is 0 Å². The zero-order chi connectivity index (χ0) is 21.2. The standard InChI is InChI=1S/C25H23BrN2O2S/c26-18-9-6-8-17(16-18)23(28-13-4-1-5-14-28)24-22(19-10-2-3-11-20(19)30-24)27-25(29)21-12-7-15-31-21/h2-3,6-12,15-16,23H,1,4-5,13-14H2,(H,27,29)/t23-/m1/s1. The van der Waals surface area contributed by atoms with Crippen molar-refractivity contribution in [2.75, 3.05) is 18.4 Å². The van der Waals surface area contributed by atoms with Crippen molar-refractivity contribution in [2.45, 2.75) is 25.3 Å². The molecular weight excluding hydrogens is 472 g/mol. The molecule has 1 aliphatic rings. The number of carbonyl (C=O) groups is 1. The maximum Gasteiger partial charge on any atom is 0.265 e. The predicted molar refractivity (Wildman–Crippen MR) is 130 cm³/mol. The summed E-state index contributed by atoms with van der Waals surface area (Å²) in [5.41, 5.74) is 2.71. The van der Waals surface area contributed by atoms with Crippen LogP contribution >= 0.6 is 27.3 Å². The molecule has 0 spiro atoms. The average Bonchev–Trinajstić information content (AvgIpc) is 3.44. The lowest BCUT2D eigenvalue weighted by Gasteiger charge is -2.34. The van der Waals surface area contributed by atoms with Gasteiger partial charge in [-0.05, 0) is 67.2 Å². The minimum Gasteiger partial charge on any atom is -0.457 e. The Hall–Kier alpha value is -2.41. The van der Waals surface area contributed by atoms with Gasteiger partial charge in [-0.3, -0.25) is 9.69 Å². The highest BCUT2D eigenvalue weighted by molar-refractivity contribution is 9.10. The van der Waals surface area contributed by atoms with Crippen LogP contribution in [0.15, 0.2) is 74.9 Å². The van der Waals surface area contributed by atoms with E-state index in [0.717, 1.165) is 45.5 Å². The molecule has 1 saturated heterocycles. The van der Waals surface area contributed by atoms with E-state index in [1.165, 1.54) is 30.6 Å². The van der Waals surface area contributed by atoms with Crippen LogP contribution in [0.4, 0.5) is 5.69 Å². The van der Waals surface area contributed by atoms with Crippen LogP contribution in [0, 0.1) is 0 Å². The molecule has 3 heterocycles. The van der Waals surface area contributed by atoms with Crippen molar-refractivity contribution in [3.63, 3.8) is 0 Å². The number of furan rings is 1. The quantitative estimate of drug-likeness (QED) is 0.322. The van der Waals surface area contributed by atoms with Gasteiger partial charge in [0.05, 0.1) is 16.6 Å². The molecule has 0 unspecified atom stereocenters. The minimum atomic E-state index is -0.102. The molecule has 0 bridgehead atoms. The lowest BCUT2D eigenvalue weighted by Crippen LogP contribution is -2.34. The number of amides is 1. The molecule has 31 heavy (non-hydrogen) atoms. The molecule has 6 heteroatoms. The number of rotatable bonds is 5. The fourth-order valence-corrected chi connectivity index (χ4v) is 5.39. The second-order valence-corrected chi connectivity index (χ2v) is 9.69. The van der Waals surface area contributed by atoms with E-state index in [4.69, 9.17) is 4.42 Å². The minimum absolute atomic E-state index is 0.0659. The van der Waals surface area contributed by atoms with Crippen molar-refractivity contribution in [1.82, 2.24) is 4.90 Å². The van der Waals surface area contributed by atoms with Gasteiger partial charge in [0.2, 0.25) is 0 Å². The van der Waals surface area contributed by atoms with Crippen molar-refractivity contribution >= 4 is 49.8 Å². The van der Waals surface area contributed by atoms with E-state index in [-0.39, 0.29) is 11.9 Å². The van der Waals surface area contributed by atoms with Crippen molar-refractivity contribution in [2.24, 2.45) is 0 Å². The molecule has 0 radical (unpaired) electrons. The van der Waals surface area contributed by atoms with Gasteiger partial charge in [0, 0.05) is 9.86 Å². The van der Waals surface area contributed by atoms with Gasteiger partial charge >= 0.3 is 0 Å². The summed E-state index contributed by atoms with van der Waals surface area (Å²) in [6, 6.07) is 20.0. The lowest BCUT2D eigenvalue weighted by atomic mass is 9.98. The van der Waals surface area contributed by atoms with Gasteiger partial charge in [-0.2, -0.15) is 0 Å². The van der Waals surface area contributed by atoms with Crippen LogP contribution in [0.5, 0.6) is 0 Å². The number of nitrogens with one attached hydrogen (secondary N) is 1. The Balaban J connectivity index is 1.65. The normalized spacial score (nSPS) is 15.8. The fourth-order valence-electron chi connectivity index (χ4n) is 4.35. The number of benzene rings is 2. The van der Waals surface area contributed by atoms with Crippen molar-refractivity contribution in [3.05, 3.63) is 86.7 Å². The van der Waals surface area contributed by atoms with E-state index in [1.807, 2.05) is 47.8 Å². The van der Waals surface area contributed by atoms with Gasteiger partial charge in [-0.15, -0.1) is 11.3 Å². The van der Waals surface area contributed by atoms with Crippen LogP contribution < -0.4 is 5.32 Å². The second-order valence-electron chi connectivity index (χ2n) is 7.82. The molecular formula is C25H23BrN2O2S. The van der Waals surface area contributed by atoms with E-state index >= 15 is 0 Å². The third-order valence-corrected chi connectivity index (χ3v) is 7.14. The molecule has 158 valence electrons. The number of carbonyl (C=O) groups excluding carboxylic acids is 1. The van der Waals surface area contributed by atoms with E-state index in [9.17, 15) is 4.79 Å². The Morgan fingerprint density at radius 3 is 2.65 bits per heavy atom. The molecule has 2 aromatic heterocycles. The highest BCUT2D eigenvalue weighted by Gasteiger charge is 2.31. The number of likely N-dealkylation sites (tertiary alicyclic amines) is 1. The Labute approximate surface area is 194 Å². The number of anilines is 1. The monoisotopic (exact) mass is 494 g/mol. The lowest BCUT2D eigenvalue weighted by molar-refractivity contribution is 0.102. The van der Waals surface area contributed by atoms with Gasteiger partial charge < -0.3 is 9.73 Å². The van der Waals surface area contributed by atoms with E-state index < -0.39 is 0 Å². The molecule has 2 aromatic carbocycles. The highest BCUT2D eigenvalue weighted by Crippen LogP contribution is 2.41. The highest BCUT2D eigenvalue weighted by atomic mass is 79.9. The first-order valence-electron chi connectivity index (χ1n) is 10.6. The van der Waals surface area contributed by atoms with Crippen LogP contribution in [0.3, 0.4) is 0 Å². The summed E-state index contributed by atoms with van der Waals surface area (Å²) in [7, 11) is 0. The summed E-state index contributed by atoms with van der Waals surface area (Å²) in [5, 5.41) is 6.03. The topological polar surface area (TPSA) is 45.5 Å². The van der Waals surface area contributed by atoms with Gasteiger partial charge in [0.25, 0.3) is 5.91 Å². The number of thiophene rings is 1. The van der Waals surface area contributed by atoms with Gasteiger partial charge in [-0.1, -0.05) is 52.7 Å². The van der Waals surface area contributed by atoms with Crippen LogP contribution in [-0.2, 0) is 0 Å². The molecule has 0 saturated carbocycles. The molecule has 4 aromatic rings. The molecule has 4 nitrogen and oxygen atoms in total. The Kier molecular flexibility index (Phi) is 5.94. The van der Waals surface area contributed by atoms with E-state index in [2.05, 4.69) is 44.3 Å². The van der Waals surface area contributed by atoms with Crippen LogP contribution in [0.1, 0.15) is 46.3 Å². The molecule has 1 fully saturated rings. The number of hydrogen-bond donors (Lipinski definition) is 1. The molecule has 1 aliphatic heterocycles. The number of nitrogens with zero attached hydrogens (tertiary/aromatic N) is 1. The van der Waals surface area contributed by atoms with Gasteiger partial charge in [-0.25, -0.2) is 0 Å². The van der Waals surface area contributed by atoms with Crippen LogP contribution in [-0.4, -0.2) is 23.9 Å². The summed E-state index contributed by atoms with van der Waals surface area (Å²) in [4.78, 5) is 16.2. The number of piperidine rings is 1. The van der Waals surface area contributed by atoms with E-state index in [1.54, 1.807) is 0 Å². The Morgan fingerprint density at radius 2 is 1.87 bits per heavy atom. The molecule has 0 aliphatic carbocycles. The first-order valence-corrected chi connectivity index (χ1v) is 12.2. The second kappa shape index (κ2) is 8.99. The van der Waals surface area contributed by atoms with Gasteiger partial charge in [0.15, 0.2) is 0 Å². The SMILES string of the molecule is O=C(Nc1c([C@@H](c2cccc(Br)c2)N2CCCCC2)oc2ccccc12)c1cccs1. The molecule has 5 rings (SSSR count). The summed E-state index contributed by atoms with van der Waals surface area (Å²) in [6.45, 7) is 2.01. The molecule has 1 atom stereocenters. The van der Waals surface area contributed by atoms with Gasteiger partial charge in [0.1, 0.15) is 11.3 Å². The number of para-hydroxylation sites is 1. The average molecular weight is 495 g/mol. The van der Waals surface area contributed by atoms with E-state index in [0.29, 0.717) is 4.88 Å². The van der Waals surface area contributed by atoms with Crippen LogP contribution in [0.25, 0.3) is 11.0 Å². The van der Waals surface area contributed by atoms with Crippen molar-refractivity contribution < 1.29 is 9.21 Å². The third kappa shape index (κ3) is 4.20. The first kappa shape index (κ1) is 20.5. The number of fused-ring (bicyclic) bond motifs is 1. The first-order chi connectivity index (χ1) is 15.2. The molecule has 1 amide bonds. The largest absolute Gasteiger partial charge is 0.457 e. The number of halogens is 1. The maximum atomic E-state index is 13.0. The van der Waals surface area contributed by atoms with Crippen LogP contribution in [0.2, 0.25) is 0 Å². The summed E-state index contributed by atoms with van der Waals surface area (Å²) in [6.07, 6.45) is 3.59. The zero-order valence-corrected chi connectivity index (χ0v) is 19.4. The molecule has 1 N–H and O–H groups in total. The smallest absolute Gasteiger partial charge is 0.265 e. The Bertz CT molecular complexity index is 1200. The zero-order valence-electron chi connectivity index (χ0n) is 17.0. The summed E-state index contributed by atoms with van der Waals surface area (Å²) >= 11 is 5.07. The maximum absolute atomic E-state index is 13.0.